The number of aromatic nitrogens is 1. The van der Waals surface area contributed by atoms with Crippen molar-refractivity contribution in [1.82, 2.24) is 4.98 Å². The summed E-state index contributed by atoms with van der Waals surface area (Å²) >= 11 is 0. The fourth-order valence-electron chi connectivity index (χ4n) is 3.13. The molecule has 2 aromatic rings. The van der Waals surface area contributed by atoms with Crippen molar-refractivity contribution in [2.45, 2.75) is 32.6 Å². The molecule has 1 aliphatic rings. The first kappa shape index (κ1) is 18.4. The van der Waals surface area contributed by atoms with Crippen molar-refractivity contribution in [3.8, 4) is 0 Å². The average molecular weight is 353 g/mol. The molecule has 1 aromatic heterocycles. The zero-order valence-electron chi connectivity index (χ0n) is 15.4. The van der Waals surface area contributed by atoms with Crippen LogP contribution < -0.4 is 10.2 Å². The summed E-state index contributed by atoms with van der Waals surface area (Å²) in [7, 11) is 0. The minimum atomic E-state index is -0.175. The number of nitrogens with one attached hydrogen (secondary N) is 1. The van der Waals surface area contributed by atoms with E-state index < -0.39 is 0 Å². The van der Waals surface area contributed by atoms with Gasteiger partial charge in [0.2, 0.25) is 0 Å². The van der Waals surface area contributed by atoms with Gasteiger partial charge in [-0.1, -0.05) is 38.0 Å². The molecule has 1 fully saturated rings. The normalized spacial score (nSPS) is 14.3. The summed E-state index contributed by atoms with van der Waals surface area (Å²) in [5.41, 5.74) is 3.47. The van der Waals surface area contributed by atoms with Crippen LogP contribution >= 0.6 is 0 Å². The minimum absolute atomic E-state index is 0.175. The van der Waals surface area contributed by atoms with Crippen LogP contribution in [0.5, 0.6) is 0 Å². The van der Waals surface area contributed by atoms with Gasteiger partial charge in [0.15, 0.2) is 0 Å². The summed E-state index contributed by atoms with van der Waals surface area (Å²) in [6.45, 7) is 5.28. The van der Waals surface area contributed by atoms with Gasteiger partial charge in [-0.3, -0.25) is 9.78 Å². The summed E-state index contributed by atoms with van der Waals surface area (Å²) in [6.07, 6.45) is 6.43. The number of hydrogen-bond donors (Lipinski definition) is 1. The Hall–Kier alpha value is -2.40. The Labute approximate surface area is 155 Å². The quantitative estimate of drug-likeness (QED) is 0.767. The first-order chi connectivity index (χ1) is 12.8. The van der Waals surface area contributed by atoms with E-state index in [1.54, 1.807) is 0 Å². The molecule has 0 unspecified atom stereocenters. The van der Waals surface area contributed by atoms with Gasteiger partial charge in [0.25, 0.3) is 5.91 Å². The van der Waals surface area contributed by atoms with Crippen molar-refractivity contribution < 1.29 is 9.53 Å². The number of anilines is 2. The fourth-order valence-corrected chi connectivity index (χ4v) is 3.13. The van der Waals surface area contributed by atoms with Crippen LogP contribution in [0.3, 0.4) is 0 Å². The van der Waals surface area contributed by atoms with E-state index in [2.05, 4.69) is 22.1 Å². The van der Waals surface area contributed by atoms with Crippen molar-refractivity contribution >= 4 is 17.3 Å². The van der Waals surface area contributed by atoms with Gasteiger partial charge >= 0.3 is 0 Å². The number of carbonyl (C=O) groups is 1. The Morgan fingerprint density at radius 1 is 1.15 bits per heavy atom. The lowest BCUT2D eigenvalue weighted by Gasteiger charge is -2.30. The number of pyridine rings is 1. The average Bonchev–Trinajstić information content (AvgIpc) is 2.70. The van der Waals surface area contributed by atoms with Crippen molar-refractivity contribution in [2.24, 2.45) is 0 Å². The van der Waals surface area contributed by atoms with E-state index in [1.807, 2.05) is 42.6 Å². The van der Waals surface area contributed by atoms with E-state index >= 15 is 0 Å². The van der Waals surface area contributed by atoms with Gasteiger partial charge in [-0.2, -0.15) is 0 Å². The van der Waals surface area contributed by atoms with E-state index in [4.69, 9.17) is 4.74 Å². The highest BCUT2D eigenvalue weighted by molar-refractivity contribution is 6.04. The second-order valence-corrected chi connectivity index (χ2v) is 6.58. The van der Waals surface area contributed by atoms with Gasteiger partial charge in [-0.25, -0.2) is 0 Å². The predicted octanol–water partition coefficient (Wildman–Crippen LogP) is 3.90. The SMILES string of the molecule is CCCCCc1ccc(C(=O)Nc2ccccc2N2CCOCC2)nc1. The second kappa shape index (κ2) is 9.34. The summed E-state index contributed by atoms with van der Waals surface area (Å²) < 4.78 is 5.42. The monoisotopic (exact) mass is 353 g/mol. The molecule has 2 heterocycles. The summed E-state index contributed by atoms with van der Waals surface area (Å²) in [6, 6.07) is 11.7. The van der Waals surface area contributed by atoms with Crippen LogP contribution in [-0.2, 0) is 11.2 Å². The minimum Gasteiger partial charge on any atom is -0.378 e. The molecule has 1 amide bonds. The van der Waals surface area contributed by atoms with Gasteiger partial charge in [0.05, 0.1) is 24.6 Å². The third kappa shape index (κ3) is 4.82. The molecule has 1 saturated heterocycles. The van der Waals surface area contributed by atoms with Crippen molar-refractivity contribution in [3.05, 3.63) is 53.9 Å². The summed E-state index contributed by atoms with van der Waals surface area (Å²) in [5.74, 6) is -0.175. The van der Waals surface area contributed by atoms with Crippen LogP contribution in [0.2, 0.25) is 0 Å². The zero-order chi connectivity index (χ0) is 18.2. The van der Waals surface area contributed by atoms with Gasteiger partial charge in [-0.15, -0.1) is 0 Å². The Bertz CT molecular complexity index is 709. The number of amides is 1. The van der Waals surface area contributed by atoms with Crippen molar-refractivity contribution in [3.63, 3.8) is 0 Å². The van der Waals surface area contributed by atoms with E-state index in [0.717, 1.165) is 37.3 Å². The van der Waals surface area contributed by atoms with Crippen LogP contribution in [0, 0.1) is 0 Å². The van der Waals surface area contributed by atoms with Gasteiger partial charge < -0.3 is 15.0 Å². The van der Waals surface area contributed by atoms with Crippen LogP contribution in [-0.4, -0.2) is 37.2 Å². The predicted molar refractivity (Wildman–Crippen MR) is 105 cm³/mol. The lowest BCUT2D eigenvalue weighted by atomic mass is 10.1. The number of nitrogens with zero attached hydrogens (tertiary/aromatic N) is 2. The third-order valence-corrected chi connectivity index (χ3v) is 4.63. The van der Waals surface area contributed by atoms with Crippen molar-refractivity contribution in [2.75, 3.05) is 36.5 Å². The van der Waals surface area contributed by atoms with Crippen LogP contribution in [0.25, 0.3) is 0 Å². The fraction of sp³-hybridized carbons (Fsp3) is 0.429. The topological polar surface area (TPSA) is 54.5 Å². The Morgan fingerprint density at radius 3 is 2.69 bits per heavy atom. The molecule has 26 heavy (non-hydrogen) atoms. The Kier molecular flexibility index (Phi) is 6.61. The molecular formula is C21H27N3O2. The Balaban J connectivity index is 1.66. The zero-order valence-corrected chi connectivity index (χ0v) is 15.4. The molecule has 3 rings (SSSR count). The third-order valence-electron chi connectivity index (χ3n) is 4.63. The molecule has 0 atom stereocenters. The lowest BCUT2D eigenvalue weighted by molar-refractivity contribution is 0.102. The standard InChI is InChI=1S/C21H27N3O2/c1-2-3-4-7-17-10-11-19(22-16-17)21(25)23-18-8-5-6-9-20(18)24-12-14-26-15-13-24/h5-6,8-11,16H,2-4,7,12-15H2,1H3,(H,23,25). The number of para-hydroxylation sites is 2. The molecule has 1 N–H and O–H groups in total. The summed E-state index contributed by atoms with van der Waals surface area (Å²) in [5, 5.41) is 3.01. The molecule has 0 radical (unpaired) electrons. The lowest BCUT2D eigenvalue weighted by Crippen LogP contribution is -2.36. The number of ether oxygens (including phenoxy) is 1. The molecule has 5 heteroatoms. The number of morpholine rings is 1. The highest BCUT2D eigenvalue weighted by Gasteiger charge is 2.16. The molecule has 0 bridgehead atoms. The van der Waals surface area contributed by atoms with E-state index in [9.17, 15) is 4.79 Å². The van der Waals surface area contributed by atoms with E-state index in [0.29, 0.717) is 18.9 Å². The first-order valence-corrected chi connectivity index (χ1v) is 9.46. The Morgan fingerprint density at radius 2 is 1.96 bits per heavy atom. The maximum Gasteiger partial charge on any atom is 0.274 e. The molecule has 0 saturated carbocycles. The smallest absolute Gasteiger partial charge is 0.274 e. The number of aryl methyl sites for hydroxylation is 1. The highest BCUT2D eigenvalue weighted by atomic mass is 16.5. The molecule has 0 aliphatic carbocycles. The van der Waals surface area contributed by atoms with Crippen LogP contribution in [0.1, 0.15) is 42.2 Å². The van der Waals surface area contributed by atoms with Gasteiger partial charge in [0.1, 0.15) is 5.69 Å². The molecule has 1 aromatic carbocycles. The number of hydrogen-bond acceptors (Lipinski definition) is 4. The molecule has 5 nitrogen and oxygen atoms in total. The van der Waals surface area contributed by atoms with Gasteiger partial charge in [-0.05, 0) is 36.6 Å². The largest absolute Gasteiger partial charge is 0.378 e. The second-order valence-electron chi connectivity index (χ2n) is 6.58. The molecular weight excluding hydrogens is 326 g/mol. The van der Waals surface area contributed by atoms with E-state index in [-0.39, 0.29) is 5.91 Å². The highest BCUT2D eigenvalue weighted by Crippen LogP contribution is 2.26. The number of benzene rings is 1. The van der Waals surface area contributed by atoms with E-state index in [1.165, 1.54) is 18.4 Å². The first-order valence-electron chi connectivity index (χ1n) is 9.46. The van der Waals surface area contributed by atoms with Crippen molar-refractivity contribution in [1.29, 1.82) is 0 Å². The number of carbonyl (C=O) groups excluding carboxylic acids is 1. The number of rotatable bonds is 7. The summed E-state index contributed by atoms with van der Waals surface area (Å²) in [4.78, 5) is 19.2. The van der Waals surface area contributed by atoms with Crippen LogP contribution in [0.15, 0.2) is 42.6 Å². The molecule has 138 valence electrons. The molecule has 0 spiro atoms. The van der Waals surface area contributed by atoms with Gasteiger partial charge in [0, 0.05) is 19.3 Å². The maximum absolute atomic E-state index is 12.6. The maximum atomic E-state index is 12.6. The van der Waals surface area contributed by atoms with Crippen LogP contribution in [0.4, 0.5) is 11.4 Å². The number of unbranched alkanes of at least 4 members (excludes halogenated alkanes) is 2. The molecule has 1 aliphatic heterocycles.